The molecule has 0 bridgehead atoms. The summed E-state index contributed by atoms with van der Waals surface area (Å²) in [6, 6.07) is 12.8. The largest absolute Gasteiger partial charge is 0.465 e. The van der Waals surface area contributed by atoms with Crippen LogP contribution in [0.4, 0.5) is 0 Å². The van der Waals surface area contributed by atoms with Gasteiger partial charge in [0.15, 0.2) is 6.29 Å². The normalized spacial score (nSPS) is 19.2. The van der Waals surface area contributed by atoms with Crippen molar-refractivity contribution in [1.29, 1.82) is 0 Å². The topological polar surface area (TPSA) is 18.5 Å². The minimum Gasteiger partial charge on any atom is -0.465 e. The van der Waals surface area contributed by atoms with Crippen molar-refractivity contribution in [2.45, 2.75) is 25.6 Å². The Kier molecular flexibility index (Phi) is 3.61. The van der Waals surface area contributed by atoms with E-state index in [-0.39, 0.29) is 6.29 Å². The van der Waals surface area contributed by atoms with Crippen molar-refractivity contribution in [2.24, 2.45) is 0 Å². The maximum Gasteiger partial charge on any atom is 0.199 e. The van der Waals surface area contributed by atoms with Crippen molar-refractivity contribution >= 4 is 47.4 Å². The highest BCUT2D eigenvalue weighted by molar-refractivity contribution is 9.10. The molecule has 4 rings (SSSR count). The van der Waals surface area contributed by atoms with Gasteiger partial charge in [-0.2, -0.15) is 0 Å². The maximum absolute atomic E-state index is 5.96. The number of benzene rings is 2. The van der Waals surface area contributed by atoms with Gasteiger partial charge in [-0.3, -0.25) is 0 Å². The molecule has 0 spiro atoms. The van der Waals surface area contributed by atoms with Gasteiger partial charge in [0.05, 0.1) is 6.61 Å². The molecule has 0 radical (unpaired) electrons. The summed E-state index contributed by atoms with van der Waals surface area (Å²) in [5, 5.41) is 2.60. The second kappa shape index (κ2) is 5.59. The first kappa shape index (κ1) is 13.6. The standard InChI is InChI=1S/C17H15BrO2S/c18-11-4-6-13-14-7-5-12(10-16(14)21-15(13)9-11)20-17-3-1-2-8-19-17/h4-7,9-10,17H,1-3,8H2. The van der Waals surface area contributed by atoms with Gasteiger partial charge < -0.3 is 9.47 Å². The van der Waals surface area contributed by atoms with Gasteiger partial charge in [-0.05, 0) is 43.2 Å². The van der Waals surface area contributed by atoms with Crippen LogP contribution in [0.15, 0.2) is 40.9 Å². The Hall–Kier alpha value is -1.10. The molecule has 4 heteroatoms. The van der Waals surface area contributed by atoms with Crippen LogP contribution in [-0.4, -0.2) is 12.9 Å². The molecule has 1 aliphatic rings. The highest BCUT2D eigenvalue weighted by Crippen LogP contribution is 2.37. The fraction of sp³-hybridized carbons (Fsp3) is 0.294. The van der Waals surface area contributed by atoms with Crippen LogP contribution in [-0.2, 0) is 4.74 Å². The zero-order chi connectivity index (χ0) is 14.2. The van der Waals surface area contributed by atoms with Crippen molar-refractivity contribution in [3.8, 4) is 5.75 Å². The summed E-state index contributed by atoms with van der Waals surface area (Å²) >= 11 is 5.34. The lowest BCUT2D eigenvalue weighted by atomic mass is 10.1. The predicted molar refractivity (Wildman–Crippen MR) is 91.3 cm³/mol. The zero-order valence-electron chi connectivity index (χ0n) is 11.5. The lowest BCUT2D eigenvalue weighted by Crippen LogP contribution is -2.24. The average molecular weight is 363 g/mol. The van der Waals surface area contributed by atoms with E-state index in [0.717, 1.165) is 29.7 Å². The molecule has 0 N–H and O–H groups in total. The molecule has 1 atom stereocenters. The molecule has 0 amide bonds. The molecule has 2 nitrogen and oxygen atoms in total. The monoisotopic (exact) mass is 362 g/mol. The summed E-state index contributed by atoms with van der Waals surface area (Å²) in [4.78, 5) is 0. The van der Waals surface area contributed by atoms with E-state index in [4.69, 9.17) is 9.47 Å². The molecule has 1 aliphatic heterocycles. The fourth-order valence-corrected chi connectivity index (χ4v) is 4.45. The highest BCUT2D eigenvalue weighted by Gasteiger charge is 2.15. The Bertz CT molecular complexity index is 790. The van der Waals surface area contributed by atoms with Crippen molar-refractivity contribution in [1.82, 2.24) is 0 Å². The van der Waals surface area contributed by atoms with Gasteiger partial charge in [0, 0.05) is 31.1 Å². The van der Waals surface area contributed by atoms with Gasteiger partial charge in [0.1, 0.15) is 5.75 Å². The van der Waals surface area contributed by atoms with Crippen molar-refractivity contribution in [3.05, 3.63) is 40.9 Å². The number of thiophene rings is 1. The molecular formula is C17H15BrO2S. The molecule has 1 saturated heterocycles. The Labute approximate surface area is 135 Å². The molecule has 0 saturated carbocycles. The Balaban J connectivity index is 1.70. The maximum atomic E-state index is 5.96. The second-order valence-corrected chi connectivity index (χ2v) is 7.31. The molecule has 1 fully saturated rings. The molecular weight excluding hydrogens is 348 g/mol. The molecule has 0 aliphatic carbocycles. The van der Waals surface area contributed by atoms with Crippen LogP contribution in [0.25, 0.3) is 20.2 Å². The van der Waals surface area contributed by atoms with E-state index < -0.39 is 0 Å². The van der Waals surface area contributed by atoms with E-state index >= 15 is 0 Å². The summed E-state index contributed by atoms with van der Waals surface area (Å²) in [6.07, 6.45) is 3.23. The lowest BCUT2D eigenvalue weighted by Gasteiger charge is -2.23. The summed E-state index contributed by atoms with van der Waals surface area (Å²) in [5.41, 5.74) is 0. The molecule has 108 valence electrons. The smallest absolute Gasteiger partial charge is 0.199 e. The first-order valence-electron chi connectivity index (χ1n) is 7.20. The SMILES string of the molecule is Brc1ccc2c(c1)sc1cc(OC3CCCCO3)ccc12. The fourth-order valence-electron chi connectivity index (χ4n) is 2.76. The van der Waals surface area contributed by atoms with Crippen molar-refractivity contribution < 1.29 is 9.47 Å². The molecule has 1 unspecified atom stereocenters. The second-order valence-electron chi connectivity index (χ2n) is 5.31. The van der Waals surface area contributed by atoms with Gasteiger partial charge in [-0.1, -0.05) is 22.0 Å². The first-order chi connectivity index (χ1) is 10.3. The number of halogens is 1. The van der Waals surface area contributed by atoms with Crippen LogP contribution in [0.5, 0.6) is 5.75 Å². The van der Waals surface area contributed by atoms with Gasteiger partial charge in [-0.25, -0.2) is 0 Å². The van der Waals surface area contributed by atoms with Gasteiger partial charge in [-0.15, -0.1) is 11.3 Å². The van der Waals surface area contributed by atoms with Crippen molar-refractivity contribution in [2.75, 3.05) is 6.61 Å². The molecule has 2 heterocycles. The molecule has 3 aromatic rings. The number of hydrogen-bond acceptors (Lipinski definition) is 3. The third-order valence-corrected chi connectivity index (χ3v) is 5.42. The zero-order valence-corrected chi connectivity index (χ0v) is 13.9. The van der Waals surface area contributed by atoms with Crippen LogP contribution in [0.1, 0.15) is 19.3 Å². The molecule has 1 aromatic heterocycles. The minimum absolute atomic E-state index is 0.0836. The summed E-state index contributed by atoms with van der Waals surface area (Å²) in [6.45, 7) is 0.809. The minimum atomic E-state index is -0.0836. The molecule has 2 aromatic carbocycles. The number of hydrogen-bond donors (Lipinski definition) is 0. The number of rotatable bonds is 2. The van der Waals surface area contributed by atoms with E-state index in [2.05, 4.69) is 52.3 Å². The average Bonchev–Trinajstić information content (AvgIpc) is 2.84. The predicted octanol–water partition coefficient (Wildman–Crippen LogP) is 5.72. The summed E-state index contributed by atoms with van der Waals surface area (Å²) in [7, 11) is 0. The third kappa shape index (κ3) is 2.68. The number of ether oxygens (including phenoxy) is 2. The Morgan fingerprint density at radius 2 is 1.86 bits per heavy atom. The highest BCUT2D eigenvalue weighted by atomic mass is 79.9. The van der Waals surface area contributed by atoms with Gasteiger partial charge >= 0.3 is 0 Å². The van der Waals surface area contributed by atoms with Crippen LogP contribution in [0.3, 0.4) is 0 Å². The van der Waals surface area contributed by atoms with E-state index in [0.29, 0.717) is 0 Å². The van der Waals surface area contributed by atoms with Crippen molar-refractivity contribution in [3.63, 3.8) is 0 Å². The van der Waals surface area contributed by atoms with Crippen LogP contribution in [0.2, 0.25) is 0 Å². The summed E-state index contributed by atoms with van der Waals surface area (Å²) in [5.74, 6) is 0.903. The summed E-state index contributed by atoms with van der Waals surface area (Å²) < 4.78 is 15.3. The van der Waals surface area contributed by atoms with Crippen LogP contribution >= 0.6 is 27.3 Å². The molecule has 21 heavy (non-hydrogen) atoms. The quantitative estimate of drug-likeness (QED) is 0.580. The Morgan fingerprint density at radius 3 is 2.67 bits per heavy atom. The van der Waals surface area contributed by atoms with E-state index in [9.17, 15) is 0 Å². The lowest BCUT2D eigenvalue weighted by molar-refractivity contribution is -0.105. The van der Waals surface area contributed by atoms with E-state index in [1.54, 1.807) is 11.3 Å². The van der Waals surface area contributed by atoms with Gasteiger partial charge in [0.2, 0.25) is 0 Å². The first-order valence-corrected chi connectivity index (χ1v) is 8.81. The van der Waals surface area contributed by atoms with E-state index in [1.807, 2.05) is 0 Å². The number of fused-ring (bicyclic) bond motifs is 3. The Morgan fingerprint density at radius 1 is 1.05 bits per heavy atom. The van der Waals surface area contributed by atoms with E-state index in [1.165, 1.54) is 26.6 Å². The van der Waals surface area contributed by atoms with Crippen LogP contribution in [0, 0.1) is 0 Å². The third-order valence-electron chi connectivity index (χ3n) is 3.81. The van der Waals surface area contributed by atoms with Crippen LogP contribution < -0.4 is 4.74 Å². The van der Waals surface area contributed by atoms with Gasteiger partial charge in [0.25, 0.3) is 0 Å².